The number of imidazole rings is 1. The van der Waals surface area contributed by atoms with Gasteiger partial charge in [0.05, 0.1) is 11.0 Å². The third kappa shape index (κ3) is 4.80. The van der Waals surface area contributed by atoms with Gasteiger partial charge in [-0.15, -0.1) is 0 Å². The number of nitrogens with one attached hydrogen (secondary N) is 2. The maximum absolute atomic E-state index is 13.3. The number of benzene rings is 3. The van der Waals surface area contributed by atoms with E-state index in [0.717, 1.165) is 33.9 Å². The van der Waals surface area contributed by atoms with Crippen molar-refractivity contribution in [2.75, 3.05) is 35.8 Å². The summed E-state index contributed by atoms with van der Waals surface area (Å²) in [6, 6.07) is 19.8. The number of halogens is 1. The zero-order valence-electron chi connectivity index (χ0n) is 18.0. The van der Waals surface area contributed by atoms with Crippen molar-refractivity contribution in [3.63, 3.8) is 0 Å². The van der Waals surface area contributed by atoms with Gasteiger partial charge in [-0.3, -0.25) is 4.79 Å². The van der Waals surface area contributed by atoms with E-state index in [1.807, 2.05) is 61.5 Å². The molecule has 0 aliphatic heterocycles. The first-order chi connectivity index (χ1) is 15.4. The van der Waals surface area contributed by atoms with Crippen LogP contribution in [-0.4, -0.2) is 36.5 Å². The number of rotatable bonds is 8. The second kappa shape index (κ2) is 8.97. The van der Waals surface area contributed by atoms with Crippen molar-refractivity contribution in [2.24, 2.45) is 5.73 Å². The molecule has 0 aliphatic rings. The largest absolute Gasteiger partial charge is 0.381 e. The van der Waals surface area contributed by atoms with Crippen LogP contribution in [-0.2, 0) is 11.3 Å². The Kier molecular flexibility index (Phi) is 5.93. The van der Waals surface area contributed by atoms with Crippen LogP contribution in [0.15, 0.2) is 66.7 Å². The van der Waals surface area contributed by atoms with Crippen LogP contribution < -0.4 is 20.9 Å². The Balaban J connectivity index is 1.47. The maximum Gasteiger partial charge on any atom is 0.237 e. The number of primary amides is 1. The lowest BCUT2D eigenvalue weighted by Crippen LogP contribution is -2.30. The van der Waals surface area contributed by atoms with Gasteiger partial charge >= 0.3 is 0 Å². The molecule has 0 radical (unpaired) electrons. The van der Waals surface area contributed by atoms with Crippen LogP contribution in [0, 0.1) is 5.82 Å². The Hall–Kier alpha value is -4.07. The Labute approximate surface area is 185 Å². The van der Waals surface area contributed by atoms with Gasteiger partial charge < -0.3 is 25.8 Å². The summed E-state index contributed by atoms with van der Waals surface area (Å²) in [7, 11) is 3.89. The minimum absolute atomic E-state index is 0.00234. The third-order valence-corrected chi connectivity index (χ3v) is 5.09. The molecule has 1 aromatic heterocycles. The lowest BCUT2D eigenvalue weighted by atomic mass is 10.1. The molecule has 4 aromatic rings. The van der Waals surface area contributed by atoms with Crippen LogP contribution in [0.3, 0.4) is 0 Å². The zero-order chi connectivity index (χ0) is 22.7. The summed E-state index contributed by atoms with van der Waals surface area (Å²) in [5.41, 5.74) is 10.9. The van der Waals surface area contributed by atoms with Gasteiger partial charge in [0.15, 0.2) is 0 Å². The Morgan fingerprint density at radius 2 is 1.69 bits per heavy atom. The number of hydrogen-bond acceptors (Lipinski definition) is 5. The number of hydrogen-bond donors (Lipinski definition) is 3. The Morgan fingerprint density at radius 1 is 1.03 bits per heavy atom. The molecule has 164 valence electrons. The molecule has 4 rings (SSSR count). The van der Waals surface area contributed by atoms with Crippen molar-refractivity contribution in [2.45, 2.75) is 6.54 Å². The Morgan fingerprint density at radius 3 is 2.31 bits per heavy atom. The van der Waals surface area contributed by atoms with Crippen LogP contribution in [0.4, 0.5) is 27.4 Å². The highest BCUT2D eigenvalue weighted by Crippen LogP contribution is 2.26. The van der Waals surface area contributed by atoms with E-state index >= 15 is 0 Å². The van der Waals surface area contributed by atoms with E-state index in [4.69, 9.17) is 5.73 Å². The summed E-state index contributed by atoms with van der Waals surface area (Å²) in [6.07, 6.45) is 0. The van der Waals surface area contributed by atoms with Crippen LogP contribution >= 0.6 is 0 Å². The van der Waals surface area contributed by atoms with Crippen LogP contribution in [0.25, 0.3) is 11.0 Å². The molecule has 0 saturated carbocycles. The first kappa shape index (κ1) is 21.2. The first-order valence-electron chi connectivity index (χ1n) is 10.2. The van der Waals surface area contributed by atoms with E-state index in [1.54, 1.807) is 17.0 Å². The maximum atomic E-state index is 13.3. The van der Waals surface area contributed by atoms with Crippen molar-refractivity contribution in [3.8, 4) is 0 Å². The highest BCUT2D eigenvalue weighted by atomic mass is 19.1. The number of aromatic nitrogens is 2. The molecule has 1 heterocycles. The average Bonchev–Trinajstić information content (AvgIpc) is 3.21. The normalized spacial score (nSPS) is 10.8. The molecular formula is C24H25FN6O. The smallest absolute Gasteiger partial charge is 0.237 e. The number of nitrogens with two attached hydrogens (primary N) is 1. The fourth-order valence-electron chi connectivity index (χ4n) is 3.42. The summed E-state index contributed by atoms with van der Waals surface area (Å²) in [5.74, 6) is 0.0153. The number of anilines is 4. The van der Waals surface area contributed by atoms with Gasteiger partial charge in [-0.05, 0) is 60.2 Å². The molecule has 1 amide bonds. The first-order valence-corrected chi connectivity index (χ1v) is 10.2. The van der Waals surface area contributed by atoms with Gasteiger partial charge in [0.1, 0.15) is 12.4 Å². The molecule has 0 bridgehead atoms. The SMILES string of the molecule is CN(C)c1nc2ccc(NCc3ccc(N(CC(N)=O)c4ccc(F)cc4)cc3)cc2[nH]1. The molecule has 8 heteroatoms. The predicted octanol–water partition coefficient (Wildman–Crippen LogP) is 4.00. The van der Waals surface area contributed by atoms with Crippen molar-refractivity contribution in [3.05, 3.63) is 78.1 Å². The molecule has 4 N–H and O–H groups in total. The number of amides is 1. The summed E-state index contributed by atoms with van der Waals surface area (Å²) < 4.78 is 13.3. The fourth-order valence-corrected chi connectivity index (χ4v) is 3.42. The monoisotopic (exact) mass is 432 g/mol. The number of aromatic amines is 1. The van der Waals surface area contributed by atoms with Crippen molar-refractivity contribution < 1.29 is 9.18 Å². The van der Waals surface area contributed by atoms with E-state index in [2.05, 4.69) is 15.3 Å². The number of nitrogens with zero attached hydrogens (tertiary/aromatic N) is 3. The third-order valence-electron chi connectivity index (χ3n) is 5.09. The van der Waals surface area contributed by atoms with Crippen molar-refractivity contribution in [1.82, 2.24) is 9.97 Å². The molecule has 7 nitrogen and oxygen atoms in total. The van der Waals surface area contributed by atoms with Crippen molar-refractivity contribution in [1.29, 1.82) is 0 Å². The van der Waals surface area contributed by atoms with Crippen LogP contribution in [0.5, 0.6) is 0 Å². The lowest BCUT2D eigenvalue weighted by Gasteiger charge is -2.24. The molecule has 0 aliphatic carbocycles. The molecule has 0 fully saturated rings. The Bertz CT molecular complexity index is 1220. The fraction of sp³-hybridized carbons (Fsp3) is 0.167. The topological polar surface area (TPSA) is 90.3 Å². The summed E-state index contributed by atoms with van der Waals surface area (Å²) >= 11 is 0. The lowest BCUT2D eigenvalue weighted by molar-refractivity contribution is -0.116. The zero-order valence-corrected chi connectivity index (χ0v) is 18.0. The second-order valence-corrected chi connectivity index (χ2v) is 7.74. The molecule has 0 saturated heterocycles. The van der Waals surface area contributed by atoms with E-state index in [1.165, 1.54) is 12.1 Å². The van der Waals surface area contributed by atoms with Gasteiger partial charge in [0, 0.05) is 37.7 Å². The molecular weight excluding hydrogens is 407 g/mol. The number of carbonyl (C=O) groups is 1. The average molecular weight is 433 g/mol. The van der Waals surface area contributed by atoms with Crippen molar-refractivity contribution >= 4 is 40.0 Å². The van der Waals surface area contributed by atoms with Crippen LogP contribution in [0.2, 0.25) is 0 Å². The second-order valence-electron chi connectivity index (χ2n) is 7.74. The molecule has 0 atom stereocenters. The molecule has 0 spiro atoms. The van der Waals surface area contributed by atoms with Gasteiger partial charge in [0.25, 0.3) is 0 Å². The van der Waals surface area contributed by atoms with Gasteiger partial charge in [-0.25, -0.2) is 9.37 Å². The number of H-pyrrole nitrogens is 1. The van der Waals surface area contributed by atoms with E-state index in [0.29, 0.717) is 12.2 Å². The molecule has 32 heavy (non-hydrogen) atoms. The van der Waals surface area contributed by atoms with E-state index < -0.39 is 5.91 Å². The summed E-state index contributed by atoms with van der Waals surface area (Å²) in [4.78, 5) is 23.1. The van der Waals surface area contributed by atoms with Gasteiger partial charge in [-0.1, -0.05) is 12.1 Å². The quantitative estimate of drug-likeness (QED) is 0.392. The molecule has 3 aromatic carbocycles. The number of carbonyl (C=O) groups excluding carboxylic acids is 1. The van der Waals surface area contributed by atoms with Gasteiger partial charge in [0.2, 0.25) is 11.9 Å². The highest BCUT2D eigenvalue weighted by molar-refractivity contribution is 5.83. The van der Waals surface area contributed by atoms with Crippen LogP contribution in [0.1, 0.15) is 5.56 Å². The molecule has 0 unspecified atom stereocenters. The summed E-state index contributed by atoms with van der Waals surface area (Å²) in [5, 5.41) is 3.42. The van der Waals surface area contributed by atoms with E-state index in [-0.39, 0.29) is 12.4 Å². The minimum Gasteiger partial charge on any atom is -0.381 e. The summed E-state index contributed by atoms with van der Waals surface area (Å²) in [6.45, 7) is 0.634. The standard InChI is InChI=1S/C24H25FN6O/c1-30(2)24-28-21-12-7-18(13-22(21)29-24)27-14-16-3-8-19(9-4-16)31(15-23(26)32)20-10-5-17(25)6-11-20/h3-13,27H,14-15H2,1-2H3,(H2,26,32)(H,28,29). The predicted molar refractivity (Wildman–Crippen MR) is 127 cm³/mol. The van der Waals surface area contributed by atoms with Gasteiger partial charge in [-0.2, -0.15) is 0 Å². The number of fused-ring (bicyclic) bond motifs is 1. The highest BCUT2D eigenvalue weighted by Gasteiger charge is 2.12. The minimum atomic E-state index is -0.466. The van der Waals surface area contributed by atoms with E-state index in [9.17, 15) is 9.18 Å².